The molecule has 1 aromatic carbocycles. The van der Waals surface area contributed by atoms with Crippen LogP contribution in [-0.4, -0.2) is 13.4 Å². The fraction of sp³-hybridized carbons (Fsp3) is 0.182. The maximum absolute atomic E-state index is 12.2. The van der Waals surface area contributed by atoms with Crippen LogP contribution in [0.15, 0.2) is 37.7 Å². The maximum Gasteiger partial charge on any atom is 0.242 e. The molecule has 0 radical (unpaired) electrons. The molecule has 4 nitrogen and oxygen atoms in total. The second-order valence-electron chi connectivity index (χ2n) is 3.82. The lowest BCUT2D eigenvalue weighted by Crippen LogP contribution is -2.23. The van der Waals surface area contributed by atoms with Crippen molar-refractivity contribution in [1.82, 2.24) is 9.71 Å². The summed E-state index contributed by atoms with van der Waals surface area (Å²) in [5.74, 6) is 0. The lowest BCUT2D eigenvalue weighted by molar-refractivity contribution is 0.581. The van der Waals surface area contributed by atoms with Gasteiger partial charge in [0.05, 0.1) is 10.4 Å². The first-order valence-electron chi connectivity index (χ1n) is 5.23. The van der Waals surface area contributed by atoms with E-state index >= 15 is 0 Å². The molecular formula is C11H10Br2N2O2S2. The van der Waals surface area contributed by atoms with E-state index in [0.29, 0.717) is 4.47 Å². The molecular weight excluding hydrogens is 416 g/mol. The normalized spacial score (nSPS) is 11.7. The Hall–Kier alpha value is -0.280. The van der Waals surface area contributed by atoms with Crippen molar-refractivity contribution in [2.45, 2.75) is 18.4 Å². The van der Waals surface area contributed by atoms with Crippen molar-refractivity contribution < 1.29 is 8.42 Å². The largest absolute Gasteiger partial charge is 0.253 e. The Labute approximate surface area is 132 Å². The average Bonchev–Trinajstić information content (AvgIpc) is 2.84. The maximum atomic E-state index is 12.2. The summed E-state index contributed by atoms with van der Waals surface area (Å²) in [4.78, 5) is 4.99. The van der Waals surface area contributed by atoms with Crippen molar-refractivity contribution in [3.8, 4) is 0 Å². The molecule has 0 atom stereocenters. The zero-order chi connectivity index (χ0) is 14.0. The van der Waals surface area contributed by atoms with Gasteiger partial charge in [0.2, 0.25) is 10.0 Å². The molecule has 19 heavy (non-hydrogen) atoms. The molecule has 2 aromatic rings. The Morgan fingerprint density at radius 3 is 2.68 bits per heavy atom. The molecule has 0 spiro atoms. The molecule has 0 saturated carbocycles. The second kappa shape index (κ2) is 6.01. The lowest BCUT2D eigenvalue weighted by Gasteiger charge is -2.09. The highest BCUT2D eigenvalue weighted by atomic mass is 79.9. The monoisotopic (exact) mass is 424 g/mol. The minimum Gasteiger partial charge on any atom is -0.253 e. The van der Waals surface area contributed by atoms with Crippen molar-refractivity contribution in [2.24, 2.45) is 0 Å². The minimum atomic E-state index is -3.55. The van der Waals surface area contributed by atoms with E-state index in [0.717, 1.165) is 14.9 Å². The Morgan fingerprint density at radius 1 is 1.32 bits per heavy atom. The third-order valence-corrected chi connectivity index (χ3v) is 6.42. The summed E-state index contributed by atoms with van der Waals surface area (Å²) in [5, 5.41) is 0. The lowest BCUT2D eigenvalue weighted by atomic mass is 10.2. The van der Waals surface area contributed by atoms with Gasteiger partial charge in [-0.05, 0) is 40.5 Å². The molecule has 0 saturated heterocycles. The zero-order valence-electron chi connectivity index (χ0n) is 9.85. The quantitative estimate of drug-likeness (QED) is 0.815. The van der Waals surface area contributed by atoms with E-state index in [-0.39, 0.29) is 11.4 Å². The number of rotatable bonds is 4. The van der Waals surface area contributed by atoms with Gasteiger partial charge in [0.25, 0.3) is 0 Å². The smallest absolute Gasteiger partial charge is 0.242 e. The van der Waals surface area contributed by atoms with Gasteiger partial charge in [-0.15, -0.1) is 11.3 Å². The van der Waals surface area contributed by atoms with Gasteiger partial charge in [-0.1, -0.05) is 15.9 Å². The number of hydrogen-bond donors (Lipinski definition) is 1. The topological polar surface area (TPSA) is 59.1 Å². The van der Waals surface area contributed by atoms with Crippen LogP contribution in [0.25, 0.3) is 0 Å². The number of halogens is 2. The van der Waals surface area contributed by atoms with Crippen molar-refractivity contribution >= 4 is 53.2 Å². The van der Waals surface area contributed by atoms with Crippen LogP contribution in [0.5, 0.6) is 0 Å². The third kappa shape index (κ3) is 3.63. The highest BCUT2D eigenvalue weighted by Crippen LogP contribution is 2.28. The Morgan fingerprint density at radius 2 is 2.05 bits per heavy atom. The van der Waals surface area contributed by atoms with E-state index in [1.807, 2.05) is 6.92 Å². The number of nitrogens with zero attached hydrogens (tertiary/aromatic N) is 1. The molecule has 0 aliphatic heterocycles. The number of thiazole rings is 1. The number of sulfonamides is 1. The predicted octanol–water partition coefficient (Wildman–Crippen LogP) is 3.46. The standard InChI is InChI=1S/C11H10Br2N2O2S2/c1-7-2-10(13)11(3-9(7)12)19(16,17)15-5-8-4-14-6-18-8/h2-4,6,15H,5H2,1H3. The summed E-state index contributed by atoms with van der Waals surface area (Å²) >= 11 is 8.04. The Kier molecular flexibility index (Phi) is 4.78. The minimum absolute atomic E-state index is 0.217. The molecule has 1 N–H and O–H groups in total. The molecule has 0 bridgehead atoms. The molecule has 0 amide bonds. The van der Waals surface area contributed by atoms with Gasteiger partial charge in [-0.2, -0.15) is 0 Å². The molecule has 8 heteroatoms. The van der Waals surface area contributed by atoms with Crippen molar-refractivity contribution in [3.05, 3.63) is 43.2 Å². The van der Waals surface area contributed by atoms with E-state index in [4.69, 9.17) is 0 Å². The van der Waals surface area contributed by atoms with Crippen molar-refractivity contribution in [1.29, 1.82) is 0 Å². The predicted molar refractivity (Wildman–Crippen MR) is 82.7 cm³/mol. The van der Waals surface area contributed by atoms with Crippen LogP contribution in [0.3, 0.4) is 0 Å². The molecule has 0 fully saturated rings. The van der Waals surface area contributed by atoms with Gasteiger partial charge >= 0.3 is 0 Å². The van der Waals surface area contributed by atoms with Crippen molar-refractivity contribution in [2.75, 3.05) is 0 Å². The van der Waals surface area contributed by atoms with Gasteiger partial charge < -0.3 is 0 Å². The highest BCUT2D eigenvalue weighted by Gasteiger charge is 2.19. The average molecular weight is 426 g/mol. The number of nitrogens with one attached hydrogen (secondary N) is 1. The van der Waals surface area contributed by atoms with Crippen LogP contribution in [0.1, 0.15) is 10.4 Å². The first-order chi connectivity index (χ1) is 8.90. The molecule has 1 heterocycles. The summed E-state index contributed by atoms with van der Waals surface area (Å²) in [6.07, 6.45) is 1.65. The zero-order valence-corrected chi connectivity index (χ0v) is 14.7. The van der Waals surface area contributed by atoms with Gasteiger partial charge in [0, 0.05) is 26.6 Å². The SMILES string of the molecule is Cc1cc(Br)c(S(=O)(=O)NCc2cncs2)cc1Br. The van der Waals surface area contributed by atoms with Gasteiger partial charge in [-0.3, -0.25) is 4.98 Å². The Bertz CT molecular complexity index is 685. The van der Waals surface area contributed by atoms with Crippen LogP contribution in [0.2, 0.25) is 0 Å². The summed E-state index contributed by atoms with van der Waals surface area (Å²) in [6.45, 7) is 2.14. The summed E-state index contributed by atoms with van der Waals surface area (Å²) in [5.41, 5.74) is 2.63. The van der Waals surface area contributed by atoms with Crippen LogP contribution < -0.4 is 4.72 Å². The second-order valence-corrected chi connectivity index (χ2v) is 8.24. The van der Waals surface area contributed by atoms with Crippen LogP contribution in [-0.2, 0) is 16.6 Å². The molecule has 0 aliphatic carbocycles. The first kappa shape index (κ1) is 15.1. The number of hydrogen-bond acceptors (Lipinski definition) is 4. The van der Waals surface area contributed by atoms with Crippen LogP contribution in [0, 0.1) is 6.92 Å². The Balaban J connectivity index is 2.27. The van der Waals surface area contributed by atoms with Crippen LogP contribution >= 0.6 is 43.2 Å². The first-order valence-corrected chi connectivity index (χ1v) is 9.18. The van der Waals surface area contributed by atoms with Gasteiger partial charge in [0.1, 0.15) is 0 Å². The molecule has 0 aliphatic rings. The van der Waals surface area contributed by atoms with Gasteiger partial charge in [0.15, 0.2) is 0 Å². The fourth-order valence-corrected chi connectivity index (χ4v) is 4.71. The van der Waals surface area contributed by atoms with Crippen molar-refractivity contribution in [3.63, 3.8) is 0 Å². The highest BCUT2D eigenvalue weighted by molar-refractivity contribution is 9.11. The molecule has 102 valence electrons. The number of aromatic nitrogens is 1. The summed E-state index contributed by atoms with van der Waals surface area (Å²) < 4.78 is 28.3. The number of benzene rings is 1. The van der Waals surface area contributed by atoms with Gasteiger partial charge in [-0.25, -0.2) is 13.1 Å². The van der Waals surface area contributed by atoms with E-state index in [1.165, 1.54) is 11.3 Å². The molecule has 0 unspecified atom stereocenters. The summed E-state index contributed by atoms with van der Waals surface area (Å²) in [7, 11) is -3.55. The molecule has 2 rings (SSSR count). The fourth-order valence-electron chi connectivity index (χ4n) is 1.41. The molecule has 1 aromatic heterocycles. The van der Waals surface area contributed by atoms with E-state index in [9.17, 15) is 8.42 Å². The van der Waals surface area contributed by atoms with E-state index in [2.05, 4.69) is 41.6 Å². The van der Waals surface area contributed by atoms with E-state index in [1.54, 1.807) is 23.8 Å². The number of aryl methyl sites for hydroxylation is 1. The van der Waals surface area contributed by atoms with Crippen LogP contribution in [0.4, 0.5) is 0 Å². The van der Waals surface area contributed by atoms with E-state index < -0.39 is 10.0 Å². The third-order valence-electron chi connectivity index (χ3n) is 2.42. The summed E-state index contributed by atoms with van der Waals surface area (Å²) in [6, 6.07) is 3.36.